The molecule has 1 N–H and O–H groups in total. The van der Waals surface area contributed by atoms with Crippen molar-refractivity contribution in [1.29, 1.82) is 0 Å². The summed E-state index contributed by atoms with van der Waals surface area (Å²) >= 11 is 0. The molecule has 2 atom stereocenters. The molecule has 0 aromatic carbocycles. The molecule has 3 rings (SSSR count). The molecule has 5 heteroatoms. The monoisotopic (exact) mass is 293 g/mol. The Morgan fingerprint density at radius 1 is 1.24 bits per heavy atom. The van der Waals surface area contributed by atoms with Crippen molar-refractivity contribution in [1.82, 2.24) is 15.5 Å². The van der Waals surface area contributed by atoms with E-state index in [9.17, 15) is 0 Å². The normalized spacial score (nSPS) is 28.9. The Morgan fingerprint density at radius 2 is 2.05 bits per heavy atom. The molecule has 0 bridgehead atoms. The van der Waals surface area contributed by atoms with Gasteiger partial charge in [0.25, 0.3) is 0 Å². The zero-order chi connectivity index (χ0) is 14.7. The van der Waals surface area contributed by atoms with Gasteiger partial charge in [-0.2, -0.15) is 4.98 Å². The maximum atomic E-state index is 5.66. The van der Waals surface area contributed by atoms with Crippen molar-refractivity contribution in [2.45, 2.75) is 75.9 Å². The van der Waals surface area contributed by atoms with E-state index < -0.39 is 0 Å². The quantitative estimate of drug-likeness (QED) is 0.845. The lowest BCUT2D eigenvalue weighted by Gasteiger charge is -2.37. The number of ether oxygens (including phenoxy) is 1. The minimum absolute atomic E-state index is 0.278. The van der Waals surface area contributed by atoms with Gasteiger partial charge >= 0.3 is 0 Å². The first-order chi connectivity index (χ1) is 10.3. The van der Waals surface area contributed by atoms with Gasteiger partial charge in [0.05, 0.1) is 5.92 Å². The summed E-state index contributed by atoms with van der Waals surface area (Å²) in [5, 5.41) is 7.85. The molecule has 0 radical (unpaired) electrons. The zero-order valence-corrected chi connectivity index (χ0v) is 13.2. The fraction of sp³-hybridized carbons (Fsp3) is 0.875. The Hall–Kier alpha value is -0.940. The van der Waals surface area contributed by atoms with E-state index in [1.807, 2.05) is 0 Å². The van der Waals surface area contributed by atoms with E-state index in [0.29, 0.717) is 12.0 Å². The summed E-state index contributed by atoms with van der Waals surface area (Å²) in [6, 6.07) is 0.464. The van der Waals surface area contributed by atoms with Crippen LogP contribution in [0.2, 0.25) is 0 Å². The second-order valence-electron chi connectivity index (χ2n) is 6.42. The van der Waals surface area contributed by atoms with Gasteiger partial charge in [-0.05, 0) is 38.6 Å². The standard InChI is InChI=1S/C16H27N3O2/c1-3-17-13-9-6-4-5-8-12(13)14-18-15(19-21-14)16(20-2)10-7-11-16/h12-13,17H,3-11H2,1-2H3. The number of hydrogen-bond donors (Lipinski definition) is 1. The van der Waals surface area contributed by atoms with Crippen LogP contribution in [0.25, 0.3) is 0 Å². The summed E-state index contributed by atoms with van der Waals surface area (Å²) in [6.07, 6.45) is 9.37. The average Bonchev–Trinajstić information content (AvgIpc) is 2.80. The van der Waals surface area contributed by atoms with Crippen LogP contribution < -0.4 is 5.32 Å². The summed E-state index contributed by atoms with van der Waals surface area (Å²) in [5.74, 6) is 1.91. The first-order valence-corrected chi connectivity index (χ1v) is 8.41. The van der Waals surface area contributed by atoms with Crippen LogP contribution in [0.3, 0.4) is 0 Å². The molecule has 1 aromatic rings. The Balaban J connectivity index is 1.79. The van der Waals surface area contributed by atoms with Crippen LogP contribution in [0.15, 0.2) is 4.52 Å². The number of nitrogens with one attached hydrogen (secondary N) is 1. The van der Waals surface area contributed by atoms with E-state index in [1.54, 1.807) is 7.11 Å². The van der Waals surface area contributed by atoms with Crippen molar-refractivity contribution in [3.8, 4) is 0 Å². The molecule has 2 fully saturated rings. The Kier molecular flexibility index (Phi) is 4.60. The van der Waals surface area contributed by atoms with Crippen LogP contribution in [0, 0.1) is 0 Å². The van der Waals surface area contributed by atoms with E-state index in [0.717, 1.165) is 37.5 Å². The van der Waals surface area contributed by atoms with Crippen molar-refractivity contribution in [3.63, 3.8) is 0 Å². The van der Waals surface area contributed by atoms with Gasteiger partial charge in [0.1, 0.15) is 5.60 Å². The van der Waals surface area contributed by atoms with Crippen LogP contribution >= 0.6 is 0 Å². The highest BCUT2D eigenvalue weighted by Crippen LogP contribution is 2.43. The topological polar surface area (TPSA) is 60.2 Å². The van der Waals surface area contributed by atoms with Crippen LogP contribution in [0.5, 0.6) is 0 Å². The molecule has 1 heterocycles. The molecular formula is C16H27N3O2. The van der Waals surface area contributed by atoms with Crippen LogP contribution in [-0.2, 0) is 10.3 Å². The number of rotatable bonds is 5. The van der Waals surface area contributed by atoms with E-state index >= 15 is 0 Å². The molecular weight excluding hydrogens is 266 g/mol. The first-order valence-electron chi connectivity index (χ1n) is 8.41. The predicted molar refractivity (Wildman–Crippen MR) is 80.1 cm³/mol. The number of methoxy groups -OCH3 is 1. The van der Waals surface area contributed by atoms with Crippen molar-refractivity contribution >= 4 is 0 Å². The minimum Gasteiger partial charge on any atom is -0.370 e. The molecule has 0 aliphatic heterocycles. The minimum atomic E-state index is -0.278. The van der Waals surface area contributed by atoms with Crippen LogP contribution in [0.4, 0.5) is 0 Å². The molecule has 118 valence electrons. The molecule has 2 aliphatic rings. The van der Waals surface area contributed by atoms with Gasteiger partial charge in [0, 0.05) is 13.2 Å². The predicted octanol–water partition coefficient (Wildman–Crippen LogP) is 3.12. The SMILES string of the molecule is CCNC1CCCCCC1c1nc(C2(OC)CCC2)no1. The number of nitrogens with zero attached hydrogens (tertiary/aromatic N) is 2. The first kappa shape index (κ1) is 15.0. The van der Waals surface area contributed by atoms with E-state index in [4.69, 9.17) is 14.2 Å². The summed E-state index contributed by atoms with van der Waals surface area (Å²) in [7, 11) is 1.75. The molecule has 2 saturated carbocycles. The van der Waals surface area contributed by atoms with Crippen molar-refractivity contribution in [2.75, 3.05) is 13.7 Å². The largest absolute Gasteiger partial charge is 0.370 e. The van der Waals surface area contributed by atoms with Gasteiger partial charge < -0.3 is 14.6 Å². The smallest absolute Gasteiger partial charge is 0.231 e. The molecule has 21 heavy (non-hydrogen) atoms. The summed E-state index contributed by atoms with van der Waals surface area (Å²) < 4.78 is 11.3. The fourth-order valence-electron chi connectivity index (χ4n) is 3.70. The highest BCUT2D eigenvalue weighted by atomic mass is 16.5. The zero-order valence-electron chi connectivity index (χ0n) is 13.2. The highest BCUT2D eigenvalue weighted by molar-refractivity contribution is 5.09. The fourth-order valence-corrected chi connectivity index (χ4v) is 3.70. The van der Waals surface area contributed by atoms with E-state index in [1.165, 1.54) is 32.1 Å². The third kappa shape index (κ3) is 2.86. The van der Waals surface area contributed by atoms with E-state index in [-0.39, 0.29) is 5.60 Å². The van der Waals surface area contributed by atoms with Crippen molar-refractivity contribution in [3.05, 3.63) is 11.7 Å². The van der Waals surface area contributed by atoms with Gasteiger partial charge in [-0.25, -0.2) is 0 Å². The lowest BCUT2D eigenvalue weighted by Crippen LogP contribution is -2.37. The number of aromatic nitrogens is 2. The lowest BCUT2D eigenvalue weighted by molar-refractivity contribution is -0.0858. The van der Waals surface area contributed by atoms with Gasteiger partial charge in [0.15, 0.2) is 0 Å². The maximum absolute atomic E-state index is 5.66. The Labute approximate surface area is 126 Å². The van der Waals surface area contributed by atoms with Gasteiger partial charge in [0.2, 0.25) is 11.7 Å². The third-order valence-electron chi connectivity index (χ3n) is 5.20. The van der Waals surface area contributed by atoms with Gasteiger partial charge in [-0.3, -0.25) is 0 Å². The molecule has 2 aliphatic carbocycles. The van der Waals surface area contributed by atoms with Crippen LogP contribution in [0.1, 0.15) is 75.9 Å². The average molecular weight is 293 g/mol. The maximum Gasteiger partial charge on any atom is 0.231 e. The molecule has 2 unspecified atom stereocenters. The second kappa shape index (κ2) is 6.44. The summed E-state index contributed by atoms with van der Waals surface area (Å²) in [4.78, 5) is 4.73. The Morgan fingerprint density at radius 3 is 2.71 bits per heavy atom. The Bertz CT molecular complexity index is 451. The number of hydrogen-bond acceptors (Lipinski definition) is 5. The summed E-state index contributed by atoms with van der Waals surface area (Å²) in [6.45, 7) is 3.15. The molecule has 0 spiro atoms. The third-order valence-corrected chi connectivity index (χ3v) is 5.20. The van der Waals surface area contributed by atoms with Crippen LogP contribution in [-0.4, -0.2) is 29.8 Å². The highest BCUT2D eigenvalue weighted by Gasteiger charge is 2.44. The molecule has 0 amide bonds. The summed E-state index contributed by atoms with van der Waals surface area (Å²) in [5.41, 5.74) is -0.278. The van der Waals surface area contributed by atoms with Crippen molar-refractivity contribution < 1.29 is 9.26 Å². The van der Waals surface area contributed by atoms with Crippen molar-refractivity contribution in [2.24, 2.45) is 0 Å². The molecule has 0 saturated heterocycles. The lowest BCUT2D eigenvalue weighted by atomic mass is 9.79. The van der Waals surface area contributed by atoms with Gasteiger partial charge in [-0.15, -0.1) is 0 Å². The number of likely N-dealkylation sites (N-methyl/N-ethyl adjacent to an activating group) is 1. The van der Waals surface area contributed by atoms with E-state index in [2.05, 4.69) is 17.4 Å². The second-order valence-corrected chi connectivity index (χ2v) is 6.42. The molecule has 5 nitrogen and oxygen atoms in total. The van der Waals surface area contributed by atoms with Gasteiger partial charge in [-0.1, -0.05) is 31.3 Å². The molecule has 1 aromatic heterocycles.